The summed E-state index contributed by atoms with van der Waals surface area (Å²) in [5, 5.41) is 9.73. The molecule has 1 aromatic heterocycles. The molecule has 1 saturated heterocycles. The van der Waals surface area contributed by atoms with Gasteiger partial charge in [0.15, 0.2) is 5.82 Å². The van der Waals surface area contributed by atoms with Crippen LogP contribution < -0.4 is 10.6 Å². The first-order valence-corrected chi connectivity index (χ1v) is 10.4. The van der Waals surface area contributed by atoms with Crippen molar-refractivity contribution >= 4 is 51.2 Å². The van der Waals surface area contributed by atoms with Gasteiger partial charge in [-0.1, -0.05) is 30.3 Å². The van der Waals surface area contributed by atoms with E-state index >= 15 is 0 Å². The summed E-state index contributed by atoms with van der Waals surface area (Å²) in [4.78, 5) is 43.1. The third-order valence-corrected chi connectivity index (χ3v) is 5.46. The quantitative estimate of drug-likeness (QED) is 0.424. The molecule has 9 heteroatoms. The monoisotopic (exact) mass is 516 g/mol. The molecule has 152 valence electrons. The summed E-state index contributed by atoms with van der Waals surface area (Å²) in [5.74, 6) is -2.33. The number of ether oxygens (including phenoxy) is 1. The van der Waals surface area contributed by atoms with Crippen LogP contribution in [0, 0.1) is 14.9 Å². The van der Waals surface area contributed by atoms with Crippen LogP contribution in [0.3, 0.4) is 0 Å². The van der Waals surface area contributed by atoms with Crippen molar-refractivity contribution < 1.29 is 14.3 Å². The molecule has 8 nitrogen and oxygen atoms in total. The smallest absolute Gasteiger partial charge is 0.317 e. The third kappa shape index (κ3) is 3.38. The molecule has 1 fully saturated rings. The Balaban J connectivity index is 1.96. The van der Waals surface area contributed by atoms with Crippen molar-refractivity contribution in [3.8, 4) is 11.4 Å². The van der Waals surface area contributed by atoms with Crippen LogP contribution in [-0.4, -0.2) is 34.0 Å². The van der Waals surface area contributed by atoms with Crippen molar-refractivity contribution in [2.75, 3.05) is 11.6 Å². The van der Waals surface area contributed by atoms with Crippen LogP contribution in [0.25, 0.3) is 22.3 Å². The molecule has 1 N–H and O–H groups in total. The fourth-order valence-corrected chi connectivity index (χ4v) is 3.90. The number of carbonyl (C=O) groups is 2. The molecule has 2 aromatic carbocycles. The van der Waals surface area contributed by atoms with Gasteiger partial charge in [-0.2, -0.15) is 9.69 Å². The minimum absolute atomic E-state index is 0.141. The topological polar surface area (TPSA) is 105 Å². The van der Waals surface area contributed by atoms with Crippen LogP contribution in [0.4, 0.5) is 0 Å². The first-order chi connectivity index (χ1) is 14.4. The van der Waals surface area contributed by atoms with Gasteiger partial charge < -0.3 is 4.74 Å². The van der Waals surface area contributed by atoms with Crippen LogP contribution >= 0.6 is 22.6 Å². The van der Waals surface area contributed by atoms with E-state index in [4.69, 9.17) is 10.1 Å². The molecule has 1 aliphatic heterocycles. The fraction of sp³-hybridized carbons (Fsp3) is 0.190. The Kier molecular flexibility index (Phi) is 5.37. The number of esters is 1. The van der Waals surface area contributed by atoms with Crippen LogP contribution in [-0.2, 0) is 14.3 Å². The highest BCUT2D eigenvalue weighted by Crippen LogP contribution is 2.25. The molecule has 0 saturated carbocycles. The van der Waals surface area contributed by atoms with Gasteiger partial charge in [-0.15, -0.1) is 0 Å². The number of halogens is 1. The molecule has 0 radical (unpaired) electrons. The standard InChI is InChI=1S/C21H17IN4O4/c1-2-30-21(29)15-11-17(27)25(18(15)23)26-19(12-6-4-3-5-7-12)24-16-9-8-13(22)10-14(16)20(26)28/h3-10,15,23H,2,11H2,1H3. The second-order valence-corrected chi connectivity index (χ2v) is 7.93. The maximum absolute atomic E-state index is 13.5. The van der Waals surface area contributed by atoms with Gasteiger partial charge >= 0.3 is 5.97 Å². The van der Waals surface area contributed by atoms with E-state index in [0.717, 1.165) is 13.3 Å². The first-order valence-electron chi connectivity index (χ1n) is 9.28. The van der Waals surface area contributed by atoms with Crippen molar-refractivity contribution in [1.29, 1.82) is 5.41 Å². The number of hydrogen-bond acceptors (Lipinski definition) is 6. The Hall–Kier alpha value is -3.08. The fourth-order valence-electron chi connectivity index (χ4n) is 3.41. The molecule has 30 heavy (non-hydrogen) atoms. The average molecular weight is 516 g/mol. The Bertz CT molecular complexity index is 1240. The molecule has 2 heterocycles. The number of nitrogens with one attached hydrogen (secondary N) is 1. The van der Waals surface area contributed by atoms with Crippen molar-refractivity contribution in [1.82, 2.24) is 9.66 Å². The highest BCUT2D eigenvalue weighted by atomic mass is 127. The molecule has 3 aromatic rings. The summed E-state index contributed by atoms with van der Waals surface area (Å²) in [6, 6.07) is 14.2. The first kappa shape index (κ1) is 20.2. The minimum Gasteiger partial charge on any atom is -0.465 e. The SMILES string of the molecule is CCOC(=O)C1CC(=O)N(n2c(-c3ccccc3)nc3ccc(I)cc3c2=O)C1=N. The maximum atomic E-state index is 13.5. The molecular formula is C21H17IN4O4. The maximum Gasteiger partial charge on any atom is 0.317 e. The van der Waals surface area contributed by atoms with Gasteiger partial charge in [0, 0.05) is 15.6 Å². The lowest BCUT2D eigenvalue weighted by atomic mass is 10.1. The van der Waals surface area contributed by atoms with Gasteiger partial charge in [-0.3, -0.25) is 19.8 Å². The van der Waals surface area contributed by atoms with Gasteiger partial charge in [0.25, 0.3) is 5.56 Å². The largest absolute Gasteiger partial charge is 0.465 e. The van der Waals surface area contributed by atoms with Crippen molar-refractivity contribution in [2.45, 2.75) is 13.3 Å². The lowest BCUT2D eigenvalue weighted by molar-refractivity contribution is -0.146. The summed E-state index contributed by atoms with van der Waals surface area (Å²) in [7, 11) is 0. The van der Waals surface area contributed by atoms with Crippen LogP contribution in [0.2, 0.25) is 0 Å². The van der Waals surface area contributed by atoms with Gasteiger partial charge in [-0.05, 0) is 47.7 Å². The highest BCUT2D eigenvalue weighted by molar-refractivity contribution is 14.1. The van der Waals surface area contributed by atoms with Gasteiger partial charge in [0.1, 0.15) is 11.8 Å². The molecule has 1 aliphatic rings. The lowest BCUT2D eigenvalue weighted by Gasteiger charge is -2.23. The van der Waals surface area contributed by atoms with Gasteiger partial charge in [0.2, 0.25) is 5.91 Å². The second kappa shape index (κ2) is 7.98. The Morgan fingerprint density at radius 2 is 1.97 bits per heavy atom. The number of amidine groups is 1. The van der Waals surface area contributed by atoms with Gasteiger partial charge in [0.05, 0.1) is 17.5 Å². The zero-order chi connectivity index (χ0) is 21.4. The van der Waals surface area contributed by atoms with Crippen molar-refractivity contribution in [3.63, 3.8) is 0 Å². The number of amides is 1. The lowest BCUT2D eigenvalue weighted by Crippen LogP contribution is -2.48. The molecule has 0 aliphatic carbocycles. The number of nitrogens with zero attached hydrogens (tertiary/aromatic N) is 3. The average Bonchev–Trinajstić information content (AvgIpc) is 3.03. The number of carbonyl (C=O) groups excluding carboxylic acids is 2. The normalized spacial score (nSPS) is 16.3. The number of hydrogen-bond donors (Lipinski definition) is 1. The van der Waals surface area contributed by atoms with Crippen LogP contribution in [0.1, 0.15) is 13.3 Å². The Morgan fingerprint density at radius 1 is 1.23 bits per heavy atom. The molecule has 4 rings (SSSR count). The van der Waals surface area contributed by atoms with E-state index in [-0.39, 0.29) is 24.7 Å². The number of rotatable bonds is 4. The van der Waals surface area contributed by atoms with Crippen LogP contribution in [0.5, 0.6) is 0 Å². The summed E-state index contributed by atoms with van der Waals surface area (Å²) in [6.45, 7) is 1.80. The number of aromatic nitrogens is 2. The second-order valence-electron chi connectivity index (χ2n) is 6.68. The number of benzene rings is 2. The van der Waals surface area contributed by atoms with Crippen molar-refractivity contribution in [3.05, 3.63) is 62.5 Å². The molecule has 1 amide bonds. The third-order valence-electron chi connectivity index (χ3n) is 4.78. The Morgan fingerprint density at radius 3 is 2.67 bits per heavy atom. The van der Waals surface area contributed by atoms with Crippen LogP contribution in [0.15, 0.2) is 53.3 Å². The zero-order valence-electron chi connectivity index (χ0n) is 16.0. The molecule has 1 atom stereocenters. The van der Waals surface area contributed by atoms with E-state index in [1.807, 2.05) is 12.1 Å². The molecular weight excluding hydrogens is 499 g/mol. The van der Waals surface area contributed by atoms with E-state index in [1.165, 1.54) is 0 Å². The predicted molar refractivity (Wildman–Crippen MR) is 120 cm³/mol. The number of fused-ring (bicyclic) bond motifs is 1. The summed E-state index contributed by atoms with van der Waals surface area (Å²) >= 11 is 2.09. The summed E-state index contributed by atoms with van der Waals surface area (Å²) in [5.41, 5.74) is 0.603. The molecule has 0 spiro atoms. The van der Waals surface area contributed by atoms with E-state index in [2.05, 4.69) is 27.6 Å². The highest BCUT2D eigenvalue weighted by Gasteiger charge is 2.43. The van der Waals surface area contributed by atoms with E-state index in [9.17, 15) is 14.4 Å². The van der Waals surface area contributed by atoms with E-state index in [0.29, 0.717) is 16.5 Å². The summed E-state index contributed by atoms with van der Waals surface area (Å²) < 4.78 is 6.93. The molecule has 0 bridgehead atoms. The Labute approximate surface area is 185 Å². The minimum atomic E-state index is -1.06. The summed E-state index contributed by atoms with van der Waals surface area (Å²) in [6.07, 6.45) is -0.233. The predicted octanol–water partition coefficient (Wildman–Crippen LogP) is 2.69. The molecule has 1 unspecified atom stereocenters. The van der Waals surface area contributed by atoms with Crippen molar-refractivity contribution in [2.24, 2.45) is 5.92 Å². The zero-order valence-corrected chi connectivity index (χ0v) is 18.1. The van der Waals surface area contributed by atoms with E-state index < -0.39 is 23.4 Å². The van der Waals surface area contributed by atoms with Gasteiger partial charge in [-0.25, -0.2) is 4.98 Å². The van der Waals surface area contributed by atoms with E-state index in [1.54, 1.807) is 43.3 Å².